The third-order valence-electron chi connectivity index (χ3n) is 4.97. The molecule has 0 aromatic heterocycles. The zero-order valence-electron chi connectivity index (χ0n) is 14.5. The van der Waals surface area contributed by atoms with Crippen LogP contribution in [0.2, 0.25) is 0 Å². The summed E-state index contributed by atoms with van der Waals surface area (Å²) in [5.74, 6) is 0. The van der Waals surface area contributed by atoms with Gasteiger partial charge in [-0.2, -0.15) is 13.2 Å². The van der Waals surface area contributed by atoms with Gasteiger partial charge in [0.1, 0.15) is 0 Å². The maximum absolute atomic E-state index is 13.4. The highest BCUT2D eigenvalue weighted by Gasteiger charge is 2.38. The van der Waals surface area contributed by atoms with E-state index in [1.54, 1.807) is 0 Å². The Morgan fingerprint density at radius 3 is 2.37 bits per heavy atom. The molecule has 1 aliphatic heterocycles. The predicted octanol–water partition coefficient (Wildman–Crippen LogP) is 4.77. The normalized spacial score (nSPS) is 16.7. The zero-order chi connectivity index (χ0) is 19.5. The summed E-state index contributed by atoms with van der Waals surface area (Å²) in [5.41, 5.74) is -1.10. The van der Waals surface area contributed by atoms with Crippen molar-refractivity contribution in [1.29, 1.82) is 0 Å². The quantitative estimate of drug-likeness (QED) is 0.599. The van der Waals surface area contributed by atoms with E-state index in [0.29, 0.717) is 32.1 Å². The molecule has 8 heteroatoms. The third kappa shape index (κ3) is 4.21. The van der Waals surface area contributed by atoms with Gasteiger partial charge < -0.3 is 10.1 Å². The van der Waals surface area contributed by atoms with Crippen LogP contribution in [-0.4, -0.2) is 24.7 Å². The van der Waals surface area contributed by atoms with Crippen LogP contribution in [0.4, 0.5) is 24.5 Å². The van der Waals surface area contributed by atoms with Crippen molar-refractivity contribution in [3.05, 3.63) is 69.8 Å². The van der Waals surface area contributed by atoms with Crippen LogP contribution >= 0.6 is 0 Å². The van der Waals surface area contributed by atoms with Crippen LogP contribution in [0.1, 0.15) is 24.0 Å². The van der Waals surface area contributed by atoms with E-state index in [4.69, 9.17) is 4.74 Å². The Bertz CT molecular complexity index is 804. The Hall–Kier alpha value is -2.61. The molecule has 0 aliphatic carbocycles. The van der Waals surface area contributed by atoms with Gasteiger partial charge in [0.15, 0.2) is 0 Å². The van der Waals surface area contributed by atoms with Crippen LogP contribution in [0.25, 0.3) is 0 Å². The van der Waals surface area contributed by atoms with Crippen molar-refractivity contribution < 1.29 is 22.8 Å². The summed E-state index contributed by atoms with van der Waals surface area (Å²) in [4.78, 5) is 10.0. The van der Waals surface area contributed by atoms with Gasteiger partial charge >= 0.3 is 6.18 Å². The molecule has 1 fully saturated rings. The number of nitro groups is 1. The molecular formula is C19H19F3N2O3. The van der Waals surface area contributed by atoms with Crippen LogP contribution in [0.5, 0.6) is 0 Å². The molecular weight excluding hydrogens is 361 g/mol. The summed E-state index contributed by atoms with van der Waals surface area (Å²) < 4.78 is 45.6. The van der Waals surface area contributed by atoms with Crippen molar-refractivity contribution >= 4 is 11.4 Å². The van der Waals surface area contributed by atoms with Crippen molar-refractivity contribution in [2.24, 2.45) is 0 Å². The Morgan fingerprint density at radius 2 is 1.78 bits per heavy atom. The summed E-state index contributed by atoms with van der Waals surface area (Å²) in [7, 11) is 0. The van der Waals surface area contributed by atoms with E-state index in [0.717, 1.165) is 17.7 Å². The molecule has 0 radical (unpaired) electrons. The summed E-state index contributed by atoms with van der Waals surface area (Å²) in [6, 6.07) is 12.4. The molecule has 144 valence electrons. The van der Waals surface area contributed by atoms with E-state index in [2.05, 4.69) is 5.32 Å². The predicted molar refractivity (Wildman–Crippen MR) is 94.8 cm³/mol. The summed E-state index contributed by atoms with van der Waals surface area (Å²) in [6.45, 7) is 1.34. The van der Waals surface area contributed by atoms with Gasteiger partial charge in [-0.05, 0) is 24.5 Å². The maximum atomic E-state index is 13.4. The number of ether oxygens (including phenoxy) is 1. The summed E-state index contributed by atoms with van der Waals surface area (Å²) in [5, 5.41) is 13.7. The first kappa shape index (κ1) is 19.2. The van der Waals surface area contributed by atoms with E-state index in [1.165, 1.54) is 0 Å². The first-order chi connectivity index (χ1) is 12.8. The molecule has 1 N–H and O–H groups in total. The summed E-state index contributed by atoms with van der Waals surface area (Å²) in [6.07, 6.45) is -3.33. The summed E-state index contributed by atoms with van der Waals surface area (Å²) >= 11 is 0. The number of hydrogen-bond acceptors (Lipinski definition) is 4. The standard InChI is InChI=1S/C19H19F3N2O3/c20-19(21,22)16-12-15(24(25)26)6-7-17(16)23-13-18(8-10-27-11-9-18)14-4-2-1-3-5-14/h1-7,12,23H,8-11,13H2. The van der Waals surface area contributed by atoms with E-state index < -0.39 is 22.4 Å². The van der Waals surface area contributed by atoms with Gasteiger partial charge in [0, 0.05) is 43.0 Å². The van der Waals surface area contributed by atoms with Crippen LogP contribution in [0, 0.1) is 10.1 Å². The van der Waals surface area contributed by atoms with Crippen LogP contribution in [0.15, 0.2) is 48.5 Å². The fourth-order valence-corrected chi connectivity index (χ4v) is 3.42. The zero-order valence-corrected chi connectivity index (χ0v) is 14.5. The van der Waals surface area contributed by atoms with E-state index in [9.17, 15) is 23.3 Å². The second-order valence-electron chi connectivity index (χ2n) is 6.60. The Morgan fingerprint density at radius 1 is 1.11 bits per heavy atom. The van der Waals surface area contributed by atoms with Crippen molar-refractivity contribution in [3.63, 3.8) is 0 Å². The Kier molecular flexibility index (Phi) is 5.36. The van der Waals surface area contributed by atoms with Crippen molar-refractivity contribution in [2.45, 2.75) is 24.4 Å². The molecule has 2 aromatic rings. The number of anilines is 1. The molecule has 5 nitrogen and oxygen atoms in total. The molecule has 3 rings (SSSR count). The minimum Gasteiger partial charge on any atom is -0.384 e. The average Bonchev–Trinajstić information content (AvgIpc) is 2.67. The molecule has 0 spiro atoms. The smallest absolute Gasteiger partial charge is 0.384 e. The van der Waals surface area contributed by atoms with Gasteiger partial charge in [0.2, 0.25) is 0 Å². The number of nitro benzene ring substituents is 1. The molecule has 1 heterocycles. The van der Waals surface area contributed by atoms with Gasteiger partial charge in [-0.15, -0.1) is 0 Å². The van der Waals surface area contributed by atoms with Gasteiger partial charge in [0.05, 0.1) is 10.5 Å². The minimum absolute atomic E-state index is 0.158. The monoisotopic (exact) mass is 380 g/mol. The number of hydrogen-bond donors (Lipinski definition) is 1. The Balaban J connectivity index is 1.91. The lowest BCUT2D eigenvalue weighted by atomic mass is 9.74. The van der Waals surface area contributed by atoms with Crippen molar-refractivity contribution in [2.75, 3.05) is 25.1 Å². The highest BCUT2D eigenvalue weighted by Crippen LogP contribution is 2.39. The lowest BCUT2D eigenvalue weighted by molar-refractivity contribution is -0.385. The fraction of sp³-hybridized carbons (Fsp3) is 0.368. The highest BCUT2D eigenvalue weighted by atomic mass is 19.4. The maximum Gasteiger partial charge on any atom is 0.418 e. The average molecular weight is 380 g/mol. The van der Waals surface area contributed by atoms with Gasteiger partial charge in [-0.25, -0.2) is 0 Å². The fourth-order valence-electron chi connectivity index (χ4n) is 3.42. The number of nitrogens with one attached hydrogen (secondary N) is 1. The molecule has 27 heavy (non-hydrogen) atoms. The molecule has 0 atom stereocenters. The molecule has 1 saturated heterocycles. The largest absolute Gasteiger partial charge is 0.418 e. The van der Waals surface area contributed by atoms with Gasteiger partial charge in [-0.3, -0.25) is 10.1 Å². The van der Waals surface area contributed by atoms with Crippen LogP contribution in [-0.2, 0) is 16.3 Å². The molecule has 0 saturated carbocycles. The van der Waals surface area contributed by atoms with Crippen LogP contribution < -0.4 is 5.32 Å². The number of halogens is 3. The van der Waals surface area contributed by atoms with Gasteiger partial charge in [-0.1, -0.05) is 30.3 Å². The Labute approximate surface area is 154 Å². The second-order valence-corrected chi connectivity index (χ2v) is 6.60. The second kappa shape index (κ2) is 7.56. The SMILES string of the molecule is O=[N+]([O-])c1ccc(NCC2(c3ccccc3)CCOCC2)c(C(F)(F)F)c1. The lowest BCUT2D eigenvalue weighted by Gasteiger charge is -2.38. The number of alkyl halides is 3. The van der Waals surface area contributed by atoms with Gasteiger partial charge in [0.25, 0.3) is 5.69 Å². The molecule has 0 bridgehead atoms. The third-order valence-corrected chi connectivity index (χ3v) is 4.97. The number of non-ortho nitro benzene ring substituents is 1. The topological polar surface area (TPSA) is 64.4 Å². The number of benzene rings is 2. The van der Waals surface area contributed by atoms with Crippen molar-refractivity contribution in [1.82, 2.24) is 0 Å². The van der Waals surface area contributed by atoms with Crippen LogP contribution in [0.3, 0.4) is 0 Å². The molecule has 0 amide bonds. The lowest BCUT2D eigenvalue weighted by Crippen LogP contribution is -2.40. The van der Waals surface area contributed by atoms with E-state index in [-0.39, 0.29) is 17.6 Å². The number of nitrogens with zero attached hydrogens (tertiary/aromatic N) is 1. The van der Waals surface area contributed by atoms with E-state index in [1.807, 2.05) is 30.3 Å². The van der Waals surface area contributed by atoms with Crippen molar-refractivity contribution in [3.8, 4) is 0 Å². The first-order valence-electron chi connectivity index (χ1n) is 8.55. The number of rotatable bonds is 5. The highest BCUT2D eigenvalue weighted by molar-refractivity contribution is 5.58. The molecule has 2 aromatic carbocycles. The van der Waals surface area contributed by atoms with E-state index >= 15 is 0 Å². The molecule has 1 aliphatic rings. The minimum atomic E-state index is -4.69. The molecule has 0 unspecified atom stereocenters. The first-order valence-corrected chi connectivity index (χ1v) is 8.55.